The normalized spacial score (nSPS) is 23.6. The van der Waals surface area contributed by atoms with Gasteiger partial charge in [-0.3, -0.25) is 9.30 Å². The molecule has 0 amide bonds. The van der Waals surface area contributed by atoms with E-state index in [1.165, 1.54) is 23.4 Å². The molecular formula is C24H28FN7O. The highest BCUT2D eigenvalue weighted by Crippen LogP contribution is 2.37. The van der Waals surface area contributed by atoms with E-state index in [-0.39, 0.29) is 5.95 Å². The molecule has 6 rings (SSSR count). The fourth-order valence-electron chi connectivity index (χ4n) is 5.33. The van der Waals surface area contributed by atoms with E-state index in [1.54, 1.807) is 12.5 Å². The van der Waals surface area contributed by atoms with Gasteiger partial charge in [0.25, 0.3) is 0 Å². The van der Waals surface area contributed by atoms with E-state index in [2.05, 4.69) is 36.6 Å². The molecule has 0 spiro atoms. The first kappa shape index (κ1) is 20.6. The molecule has 2 fully saturated rings. The van der Waals surface area contributed by atoms with Crippen LogP contribution in [0.15, 0.2) is 36.9 Å². The summed E-state index contributed by atoms with van der Waals surface area (Å²) >= 11 is 0. The number of rotatable bonds is 4. The standard InChI is InChI=1S/C24H28FN7O/c25-20-13-27-21-6-1-16(14-32(20)21)19-7-8-26-23-22(19)24(29-15-28-23)30-17-2-4-18(5-3-17)31-9-11-33-12-10-31/h1,6-7,13-15,17-18H,2-5,8-12H2,(H2,26,28,29,30). The van der Waals surface area contributed by atoms with Crippen LogP contribution in [0.25, 0.3) is 11.2 Å². The molecule has 0 aromatic carbocycles. The van der Waals surface area contributed by atoms with E-state index in [4.69, 9.17) is 4.74 Å². The van der Waals surface area contributed by atoms with E-state index >= 15 is 0 Å². The Kier molecular flexibility index (Phi) is 5.43. The first-order chi connectivity index (χ1) is 16.3. The number of hydrogen-bond donors (Lipinski definition) is 2. The molecule has 0 unspecified atom stereocenters. The molecule has 172 valence electrons. The molecule has 1 saturated heterocycles. The molecule has 0 bridgehead atoms. The van der Waals surface area contributed by atoms with Gasteiger partial charge in [0.2, 0.25) is 5.95 Å². The summed E-state index contributed by atoms with van der Waals surface area (Å²) in [6.07, 6.45) is 11.3. The van der Waals surface area contributed by atoms with Crippen LogP contribution in [0.3, 0.4) is 0 Å². The maximum Gasteiger partial charge on any atom is 0.217 e. The molecule has 3 aromatic rings. The summed E-state index contributed by atoms with van der Waals surface area (Å²) in [7, 11) is 0. The Morgan fingerprint density at radius 2 is 1.91 bits per heavy atom. The lowest BCUT2D eigenvalue weighted by Crippen LogP contribution is -2.46. The zero-order chi connectivity index (χ0) is 22.2. The number of imidazole rings is 1. The van der Waals surface area contributed by atoms with Crippen molar-refractivity contribution in [2.24, 2.45) is 0 Å². The first-order valence-electron chi connectivity index (χ1n) is 11.8. The summed E-state index contributed by atoms with van der Waals surface area (Å²) in [5, 5.41) is 7.06. The number of morpholine rings is 1. The van der Waals surface area contributed by atoms with Crippen LogP contribution in [-0.2, 0) is 4.74 Å². The van der Waals surface area contributed by atoms with Crippen LogP contribution in [0.5, 0.6) is 0 Å². The molecular weight excluding hydrogens is 421 g/mol. The van der Waals surface area contributed by atoms with Crippen LogP contribution in [0.2, 0.25) is 0 Å². The third-order valence-electron chi connectivity index (χ3n) is 7.06. The molecule has 1 aliphatic carbocycles. The van der Waals surface area contributed by atoms with E-state index in [9.17, 15) is 4.39 Å². The molecule has 3 aliphatic rings. The number of ether oxygens (including phenoxy) is 1. The molecule has 1 saturated carbocycles. The van der Waals surface area contributed by atoms with Crippen LogP contribution >= 0.6 is 0 Å². The monoisotopic (exact) mass is 449 g/mol. The zero-order valence-electron chi connectivity index (χ0n) is 18.5. The summed E-state index contributed by atoms with van der Waals surface area (Å²) in [6.45, 7) is 4.45. The van der Waals surface area contributed by atoms with Gasteiger partial charge in [-0.05, 0) is 49.0 Å². The van der Waals surface area contributed by atoms with Crippen molar-refractivity contribution in [2.45, 2.75) is 37.8 Å². The lowest BCUT2D eigenvalue weighted by atomic mass is 9.89. The van der Waals surface area contributed by atoms with E-state index in [1.807, 2.05) is 12.1 Å². The minimum atomic E-state index is -0.374. The molecule has 5 heterocycles. The Bertz CT molecular complexity index is 1180. The Morgan fingerprint density at radius 3 is 2.76 bits per heavy atom. The van der Waals surface area contributed by atoms with Crippen molar-refractivity contribution >= 4 is 22.9 Å². The molecule has 0 atom stereocenters. The van der Waals surface area contributed by atoms with Crippen molar-refractivity contribution in [1.82, 2.24) is 24.3 Å². The highest BCUT2D eigenvalue weighted by Gasteiger charge is 2.28. The van der Waals surface area contributed by atoms with Gasteiger partial charge in [-0.25, -0.2) is 15.0 Å². The molecule has 9 heteroatoms. The average molecular weight is 450 g/mol. The van der Waals surface area contributed by atoms with E-state index in [0.29, 0.717) is 24.3 Å². The quantitative estimate of drug-likeness (QED) is 0.633. The number of anilines is 2. The fraction of sp³-hybridized carbons (Fsp3) is 0.458. The van der Waals surface area contributed by atoms with Crippen LogP contribution in [0.4, 0.5) is 16.0 Å². The number of aromatic nitrogens is 4. The second-order valence-electron chi connectivity index (χ2n) is 8.97. The number of hydrogen-bond acceptors (Lipinski definition) is 7. The maximum atomic E-state index is 14.2. The van der Waals surface area contributed by atoms with Gasteiger partial charge < -0.3 is 15.4 Å². The SMILES string of the molecule is Fc1cnc2ccc(C3=CCNc4ncnc(NC5CCC(N6CCOCC6)CC5)c43)cn12. The average Bonchev–Trinajstić information content (AvgIpc) is 3.25. The maximum absolute atomic E-state index is 14.2. The fourth-order valence-corrected chi connectivity index (χ4v) is 5.33. The lowest BCUT2D eigenvalue weighted by molar-refractivity contribution is 0.00790. The van der Waals surface area contributed by atoms with E-state index < -0.39 is 0 Å². The largest absolute Gasteiger partial charge is 0.379 e. The van der Waals surface area contributed by atoms with Crippen molar-refractivity contribution in [3.05, 3.63) is 54.0 Å². The molecule has 2 aliphatic heterocycles. The predicted molar refractivity (Wildman–Crippen MR) is 125 cm³/mol. The second kappa shape index (κ2) is 8.72. The topological polar surface area (TPSA) is 79.6 Å². The third kappa shape index (κ3) is 3.95. The van der Waals surface area contributed by atoms with Crippen LogP contribution in [-0.4, -0.2) is 69.2 Å². The molecule has 8 nitrogen and oxygen atoms in total. The first-order valence-corrected chi connectivity index (χ1v) is 11.8. The van der Waals surface area contributed by atoms with Gasteiger partial charge in [0.05, 0.1) is 25.0 Å². The van der Waals surface area contributed by atoms with Gasteiger partial charge in [0.15, 0.2) is 0 Å². The number of nitrogens with zero attached hydrogens (tertiary/aromatic N) is 5. The van der Waals surface area contributed by atoms with Crippen molar-refractivity contribution in [2.75, 3.05) is 43.5 Å². The zero-order valence-corrected chi connectivity index (χ0v) is 18.5. The Balaban J connectivity index is 1.24. The molecule has 3 aromatic heterocycles. The van der Waals surface area contributed by atoms with Crippen LogP contribution in [0, 0.1) is 5.95 Å². The van der Waals surface area contributed by atoms with Gasteiger partial charge in [0, 0.05) is 37.9 Å². The molecule has 33 heavy (non-hydrogen) atoms. The summed E-state index contributed by atoms with van der Waals surface area (Å²) in [6, 6.07) is 4.84. The highest BCUT2D eigenvalue weighted by atomic mass is 19.1. The number of pyridine rings is 1. The third-order valence-corrected chi connectivity index (χ3v) is 7.06. The number of nitrogens with one attached hydrogen (secondary N) is 2. The summed E-state index contributed by atoms with van der Waals surface area (Å²) in [4.78, 5) is 15.8. The number of halogens is 1. The van der Waals surface area contributed by atoms with Crippen molar-refractivity contribution in [1.29, 1.82) is 0 Å². The van der Waals surface area contributed by atoms with Crippen molar-refractivity contribution in [3.8, 4) is 0 Å². The molecule has 2 N–H and O–H groups in total. The Hall–Kier alpha value is -3.04. The van der Waals surface area contributed by atoms with Crippen molar-refractivity contribution in [3.63, 3.8) is 0 Å². The highest BCUT2D eigenvalue weighted by molar-refractivity contribution is 5.92. The minimum absolute atomic E-state index is 0.373. The van der Waals surface area contributed by atoms with Gasteiger partial charge in [-0.15, -0.1) is 0 Å². The smallest absolute Gasteiger partial charge is 0.217 e. The van der Waals surface area contributed by atoms with Gasteiger partial charge >= 0.3 is 0 Å². The summed E-state index contributed by atoms with van der Waals surface area (Å²) in [5.41, 5.74) is 3.45. The van der Waals surface area contributed by atoms with E-state index in [0.717, 1.165) is 67.5 Å². The van der Waals surface area contributed by atoms with Crippen LogP contribution < -0.4 is 10.6 Å². The van der Waals surface area contributed by atoms with Gasteiger partial charge in [-0.1, -0.05) is 6.08 Å². The lowest BCUT2D eigenvalue weighted by Gasteiger charge is -2.39. The Morgan fingerprint density at radius 1 is 1.06 bits per heavy atom. The number of fused-ring (bicyclic) bond motifs is 2. The second-order valence-corrected chi connectivity index (χ2v) is 8.97. The Labute approximate surface area is 191 Å². The van der Waals surface area contributed by atoms with Gasteiger partial charge in [0.1, 0.15) is 23.6 Å². The predicted octanol–water partition coefficient (Wildman–Crippen LogP) is 3.18. The molecule has 0 radical (unpaired) electrons. The van der Waals surface area contributed by atoms with Crippen molar-refractivity contribution < 1.29 is 9.13 Å². The summed E-state index contributed by atoms with van der Waals surface area (Å²) < 4.78 is 21.1. The minimum Gasteiger partial charge on any atom is -0.379 e. The van der Waals surface area contributed by atoms with Crippen LogP contribution in [0.1, 0.15) is 36.8 Å². The van der Waals surface area contributed by atoms with Gasteiger partial charge in [-0.2, -0.15) is 4.39 Å². The summed E-state index contributed by atoms with van der Waals surface area (Å²) in [5.74, 6) is 1.26.